The van der Waals surface area contributed by atoms with Crippen LogP contribution in [0.25, 0.3) is 11.1 Å². The number of nitrogens with two attached hydrogens (primary N) is 1. The number of rotatable bonds is 3. The third kappa shape index (κ3) is 3.34. The third-order valence-corrected chi connectivity index (χ3v) is 4.66. The fourth-order valence-corrected chi connectivity index (χ4v) is 3.00. The lowest BCUT2D eigenvalue weighted by atomic mass is 10.00. The Morgan fingerprint density at radius 1 is 1.11 bits per heavy atom. The molecule has 1 aliphatic rings. The van der Waals surface area contributed by atoms with Crippen LogP contribution in [0.2, 0.25) is 0 Å². The summed E-state index contributed by atoms with van der Waals surface area (Å²) >= 11 is 0. The molecule has 0 saturated carbocycles. The summed E-state index contributed by atoms with van der Waals surface area (Å²) in [5.74, 6) is -0.851. The van der Waals surface area contributed by atoms with E-state index in [4.69, 9.17) is 5.73 Å². The van der Waals surface area contributed by atoms with Crippen LogP contribution in [0.3, 0.4) is 0 Å². The Hall–Kier alpha value is -3.61. The highest BCUT2D eigenvalue weighted by Gasteiger charge is 2.34. The van der Waals surface area contributed by atoms with Gasteiger partial charge in [-0.05, 0) is 48.9 Å². The lowest BCUT2D eigenvalue weighted by Gasteiger charge is -2.24. The van der Waals surface area contributed by atoms with Crippen LogP contribution in [0.5, 0.6) is 0 Å². The largest absolute Gasteiger partial charge is 0.397 e. The molecule has 4 rings (SSSR count). The molecule has 3 aromatic rings. The molecule has 1 atom stereocenters. The van der Waals surface area contributed by atoms with E-state index in [1.54, 1.807) is 31.2 Å². The highest BCUT2D eigenvalue weighted by molar-refractivity contribution is 6.01. The number of amides is 1. The molecule has 0 saturated heterocycles. The minimum atomic E-state index is -1.03. The fourth-order valence-electron chi connectivity index (χ4n) is 3.00. The number of hydrogen-bond donors (Lipinski definition) is 2. The second-order valence-electron chi connectivity index (χ2n) is 6.82. The van der Waals surface area contributed by atoms with Gasteiger partial charge in [-0.2, -0.15) is 4.39 Å². The van der Waals surface area contributed by atoms with Crippen molar-refractivity contribution in [3.63, 3.8) is 0 Å². The van der Waals surface area contributed by atoms with Crippen LogP contribution >= 0.6 is 0 Å². The SMILES string of the molecule is CC1(C(=O)Nc2cc(-c3ccc(F)nc3)ccc2N)CN=c2ccccc2=N1. The maximum atomic E-state index is 13.1. The molecule has 140 valence electrons. The molecule has 1 unspecified atom stereocenters. The van der Waals surface area contributed by atoms with Crippen molar-refractivity contribution in [2.45, 2.75) is 12.5 Å². The molecule has 0 aliphatic carbocycles. The van der Waals surface area contributed by atoms with Crippen LogP contribution in [0.4, 0.5) is 15.8 Å². The van der Waals surface area contributed by atoms with E-state index in [9.17, 15) is 9.18 Å². The summed E-state index contributed by atoms with van der Waals surface area (Å²) < 4.78 is 13.1. The summed E-state index contributed by atoms with van der Waals surface area (Å²) in [6, 6.07) is 15.6. The van der Waals surface area contributed by atoms with Gasteiger partial charge < -0.3 is 11.1 Å². The first kappa shape index (κ1) is 17.8. The summed E-state index contributed by atoms with van der Waals surface area (Å²) in [6.45, 7) is 1.99. The summed E-state index contributed by atoms with van der Waals surface area (Å²) in [7, 11) is 0. The zero-order valence-corrected chi connectivity index (χ0v) is 15.2. The number of carbonyl (C=O) groups excluding carboxylic acids is 1. The number of pyridine rings is 1. The normalized spacial score (nSPS) is 17.8. The van der Waals surface area contributed by atoms with E-state index in [1.807, 2.05) is 24.3 Å². The van der Waals surface area contributed by atoms with Crippen molar-refractivity contribution in [1.82, 2.24) is 4.98 Å². The van der Waals surface area contributed by atoms with E-state index in [0.29, 0.717) is 16.7 Å². The first-order valence-electron chi connectivity index (χ1n) is 8.77. The van der Waals surface area contributed by atoms with Gasteiger partial charge in [-0.25, -0.2) is 4.98 Å². The number of anilines is 2. The number of para-hydroxylation sites is 2. The Morgan fingerprint density at radius 3 is 2.61 bits per heavy atom. The molecule has 0 bridgehead atoms. The van der Waals surface area contributed by atoms with Crippen molar-refractivity contribution in [2.75, 3.05) is 17.6 Å². The average Bonchev–Trinajstić information content (AvgIpc) is 2.70. The lowest BCUT2D eigenvalue weighted by Crippen LogP contribution is -2.48. The third-order valence-electron chi connectivity index (χ3n) is 4.66. The maximum absolute atomic E-state index is 13.1. The van der Waals surface area contributed by atoms with Crippen LogP contribution in [0.1, 0.15) is 6.92 Å². The molecule has 7 heteroatoms. The number of halogens is 1. The number of nitrogens with one attached hydrogen (secondary N) is 1. The molecular formula is C21H18FN5O. The molecule has 2 aromatic carbocycles. The molecule has 3 N–H and O–H groups in total. The Bertz CT molecular complexity index is 1180. The number of benzene rings is 2. The van der Waals surface area contributed by atoms with Gasteiger partial charge in [-0.3, -0.25) is 14.8 Å². The van der Waals surface area contributed by atoms with Gasteiger partial charge in [0.2, 0.25) is 5.95 Å². The average molecular weight is 375 g/mol. The first-order valence-corrected chi connectivity index (χ1v) is 8.77. The standard InChI is InChI=1S/C21H18FN5O/c1-21(12-25-16-4-2-3-5-17(16)27-21)20(28)26-18-10-13(6-8-15(18)23)14-7-9-19(22)24-11-14/h2-11H,12,23H2,1H3,(H,26,28). The van der Waals surface area contributed by atoms with E-state index in [2.05, 4.69) is 20.3 Å². The number of fused-ring (bicyclic) bond motifs is 1. The molecular weight excluding hydrogens is 357 g/mol. The number of aromatic nitrogens is 1. The molecule has 28 heavy (non-hydrogen) atoms. The van der Waals surface area contributed by atoms with Crippen molar-refractivity contribution in [2.24, 2.45) is 9.98 Å². The summed E-state index contributed by atoms with van der Waals surface area (Å²) in [6.07, 6.45) is 1.43. The van der Waals surface area contributed by atoms with Crippen LogP contribution in [0.15, 0.2) is 70.8 Å². The van der Waals surface area contributed by atoms with Crippen molar-refractivity contribution < 1.29 is 9.18 Å². The van der Waals surface area contributed by atoms with E-state index in [0.717, 1.165) is 16.5 Å². The van der Waals surface area contributed by atoms with Crippen molar-refractivity contribution in [3.05, 3.63) is 77.5 Å². The topological polar surface area (TPSA) is 92.7 Å². The van der Waals surface area contributed by atoms with Gasteiger partial charge in [0.05, 0.1) is 28.6 Å². The van der Waals surface area contributed by atoms with Crippen LogP contribution in [0, 0.1) is 5.95 Å². The predicted molar refractivity (Wildman–Crippen MR) is 105 cm³/mol. The lowest BCUT2D eigenvalue weighted by molar-refractivity contribution is -0.120. The number of hydrogen-bond acceptors (Lipinski definition) is 5. The quantitative estimate of drug-likeness (QED) is 0.542. The highest BCUT2D eigenvalue weighted by atomic mass is 19.1. The van der Waals surface area contributed by atoms with Gasteiger partial charge in [-0.1, -0.05) is 18.2 Å². The summed E-state index contributed by atoms with van der Waals surface area (Å²) in [5.41, 5.74) is 7.37. The Balaban J connectivity index is 1.64. The van der Waals surface area contributed by atoms with Gasteiger partial charge in [0.15, 0.2) is 5.54 Å². The van der Waals surface area contributed by atoms with Gasteiger partial charge in [0.1, 0.15) is 0 Å². The van der Waals surface area contributed by atoms with Gasteiger partial charge >= 0.3 is 0 Å². The molecule has 1 aliphatic heterocycles. The van der Waals surface area contributed by atoms with Crippen LogP contribution in [-0.4, -0.2) is 23.0 Å². The minimum Gasteiger partial charge on any atom is -0.397 e. The molecule has 6 nitrogen and oxygen atoms in total. The number of nitrogens with zero attached hydrogens (tertiary/aromatic N) is 3. The van der Waals surface area contributed by atoms with E-state index < -0.39 is 11.5 Å². The van der Waals surface area contributed by atoms with Gasteiger partial charge in [0.25, 0.3) is 5.91 Å². The Kier molecular flexibility index (Phi) is 4.35. The molecule has 2 heterocycles. The second kappa shape index (κ2) is 6.84. The molecule has 1 amide bonds. The molecule has 0 spiro atoms. The zero-order chi connectivity index (χ0) is 19.7. The highest BCUT2D eigenvalue weighted by Crippen LogP contribution is 2.28. The van der Waals surface area contributed by atoms with Crippen molar-refractivity contribution in [1.29, 1.82) is 0 Å². The zero-order valence-electron chi connectivity index (χ0n) is 15.2. The van der Waals surface area contributed by atoms with Gasteiger partial charge in [-0.15, -0.1) is 0 Å². The van der Waals surface area contributed by atoms with Crippen LogP contribution in [-0.2, 0) is 4.79 Å². The first-order chi connectivity index (χ1) is 13.4. The summed E-state index contributed by atoms with van der Waals surface area (Å²) in [5, 5.41) is 4.32. The fraction of sp³-hybridized carbons (Fsp3) is 0.143. The minimum absolute atomic E-state index is 0.247. The van der Waals surface area contributed by atoms with Crippen molar-refractivity contribution in [3.8, 4) is 11.1 Å². The Morgan fingerprint density at radius 2 is 1.86 bits per heavy atom. The van der Waals surface area contributed by atoms with E-state index >= 15 is 0 Å². The molecule has 0 radical (unpaired) electrons. The van der Waals surface area contributed by atoms with Crippen molar-refractivity contribution >= 4 is 17.3 Å². The number of carbonyl (C=O) groups is 1. The van der Waals surface area contributed by atoms with Crippen LogP contribution < -0.4 is 21.8 Å². The molecule has 1 aromatic heterocycles. The number of nitrogen functional groups attached to an aromatic ring is 1. The summed E-state index contributed by atoms with van der Waals surface area (Å²) in [4.78, 5) is 25.7. The second-order valence-corrected chi connectivity index (χ2v) is 6.82. The van der Waals surface area contributed by atoms with E-state index in [1.165, 1.54) is 12.3 Å². The monoisotopic (exact) mass is 375 g/mol. The Labute approximate surface area is 160 Å². The maximum Gasteiger partial charge on any atom is 0.254 e. The molecule has 0 fully saturated rings. The van der Waals surface area contributed by atoms with E-state index in [-0.39, 0.29) is 12.5 Å². The smallest absolute Gasteiger partial charge is 0.254 e. The predicted octanol–water partition coefficient (Wildman–Crippen LogP) is 2.12. The van der Waals surface area contributed by atoms with Gasteiger partial charge in [0, 0.05) is 11.8 Å².